The summed E-state index contributed by atoms with van der Waals surface area (Å²) in [4.78, 5) is 39.1. The molecule has 3 aromatic carbocycles. The van der Waals surface area contributed by atoms with Gasteiger partial charge in [-0.05, 0) is 73.3 Å². The zero-order valence-corrected chi connectivity index (χ0v) is 25.7. The lowest BCUT2D eigenvalue weighted by Gasteiger charge is -2.35. The van der Waals surface area contributed by atoms with E-state index in [1.54, 1.807) is 0 Å². The van der Waals surface area contributed by atoms with Gasteiger partial charge in [-0.2, -0.15) is 0 Å². The summed E-state index contributed by atoms with van der Waals surface area (Å²) in [5.41, 5.74) is 0.385. The predicted molar refractivity (Wildman–Crippen MR) is 165 cm³/mol. The lowest BCUT2D eigenvalue weighted by molar-refractivity contribution is -0.159. The van der Waals surface area contributed by atoms with E-state index in [0.29, 0.717) is 25.7 Å². The van der Waals surface area contributed by atoms with Crippen LogP contribution in [0.15, 0.2) is 66.7 Å². The molecular formula is C36H38FNO7. The van der Waals surface area contributed by atoms with Gasteiger partial charge in [0, 0.05) is 12.1 Å². The van der Waals surface area contributed by atoms with Gasteiger partial charge in [0.1, 0.15) is 12.4 Å². The maximum Gasteiger partial charge on any atom is 0.312 e. The van der Waals surface area contributed by atoms with Gasteiger partial charge in [0.25, 0.3) is 5.91 Å². The lowest BCUT2D eigenvalue weighted by Crippen LogP contribution is -2.46. The molecule has 0 unspecified atom stereocenters. The van der Waals surface area contributed by atoms with Crippen molar-refractivity contribution in [1.29, 1.82) is 0 Å². The van der Waals surface area contributed by atoms with Crippen LogP contribution in [0, 0.1) is 29.0 Å². The van der Waals surface area contributed by atoms with Crippen molar-refractivity contribution < 1.29 is 37.7 Å². The van der Waals surface area contributed by atoms with Crippen molar-refractivity contribution in [2.45, 2.75) is 57.8 Å². The molecule has 6 rings (SSSR count). The van der Waals surface area contributed by atoms with Gasteiger partial charge in [0.05, 0.1) is 37.2 Å². The Hall–Kier alpha value is -4.40. The van der Waals surface area contributed by atoms with Gasteiger partial charge in [-0.25, -0.2) is 4.39 Å². The van der Waals surface area contributed by atoms with Crippen LogP contribution in [0.4, 0.5) is 4.39 Å². The summed E-state index contributed by atoms with van der Waals surface area (Å²) >= 11 is 0. The van der Waals surface area contributed by atoms with E-state index in [0.717, 1.165) is 28.8 Å². The number of allylic oxidation sites excluding steroid dienone is 1. The molecule has 2 bridgehead atoms. The maximum absolute atomic E-state index is 15.1. The van der Waals surface area contributed by atoms with E-state index >= 15 is 4.39 Å². The number of amides is 1. The van der Waals surface area contributed by atoms with Gasteiger partial charge in [-0.15, -0.1) is 0 Å². The second-order valence-corrected chi connectivity index (χ2v) is 12.6. The minimum Gasteiger partial charge on any atom is -0.496 e. The summed E-state index contributed by atoms with van der Waals surface area (Å²) in [5, 5.41) is 5.12. The Morgan fingerprint density at radius 1 is 0.956 bits per heavy atom. The number of ether oxygens (including phenoxy) is 4. The fourth-order valence-electron chi connectivity index (χ4n) is 7.14. The highest BCUT2D eigenvalue weighted by Crippen LogP contribution is 2.45. The van der Waals surface area contributed by atoms with Crippen LogP contribution in [0.3, 0.4) is 0 Å². The number of carbonyl (C=O) groups is 3. The molecule has 0 aliphatic heterocycles. The zero-order chi connectivity index (χ0) is 31.7. The number of halogens is 1. The van der Waals surface area contributed by atoms with Gasteiger partial charge >= 0.3 is 11.9 Å². The third-order valence-electron chi connectivity index (χ3n) is 9.79. The van der Waals surface area contributed by atoms with Crippen LogP contribution in [-0.2, 0) is 25.7 Å². The minimum atomic E-state index is -0.681. The fourth-order valence-corrected chi connectivity index (χ4v) is 7.14. The largest absolute Gasteiger partial charge is 0.496 e. The number of benzene rings is 3. The lowest BCUT2D eigenvalue weighted by atomic mass is 9.74. The molecule has 45 heavy (non-hydrogen) atoms. The molecule has 0 radical (unpaired) electrons. The number of carbonyl (C=O) groups excluding carboxylic acids is 3. The molecule has 4 atom stereocenters. The van der Waals surface area contributed by atoms with E-state index in [1.807, 2.05) is 61.5 Å². The molecule has 2 fully saturated rings. The Kier molecular flexibility index (Phi) is 8.53. The Morgan fingerprint density at radius 3 is 2.44 bits per heavy atom. The van der Waals surface area contributed by atoms with Crippen LogP contribution in [-0.4, -0.2) is 44.2 Å². The predicted octanol–water partition coefficient (Wildman–Crippen LogP) is 6.15. The number of rotatable bonds is 9. The molecule has 3 aliphatic rings. The average Bonchev–Trinajstić information content (AvgIpc) is 3.67. The minimum absolute atomic E-state index is 0.00856. The molecule has 236 valence electrons. The van der Waals surface area contributed by atoms with Crippen LogP contribution in [0.5, 0.6) is 11.5 Å². The first kappa shape index (κ1) is 30.6. The van der Waals surface area contributed by atoms with Crippen molar-refractivity contribution in [2.75, 3.05) is 14.2 Å². The van der Waals surface area contributed by atoms with Crippen LogP contribution < -0.4 is 14.8 Å². The smallest absolute Gasteiger partial charge is 0.312 e. The molecular weight excluding hydrogens is 577 g/mol. The Labute approximate surface area is 261 Å². The van der Waals surface area contributed by atoms with Gasteiger partial charge < -0.3 is 24.3 Å². The highest BCUT2D eigenvalue weighted by Gasteiger charge is 2.49. The van der Waals surface area contributed by atoms with Crippen LogP contribution >= 0.6 is 0 Å². The first-order valence-electron chi connectivity index (χ1n) is 15.5. The number of fused-ring (bicyclic) bond motifs is 3. The van der Waals surface area contributed by atoms with Crippen molar-refractivity contribution >= 4 is 28.6 Å². The van der Waals surface area contributed by atoms with Gasteiger partial charge in [0.2, 0.25) is 0 Å². The normalized spacial score (nSPS) is 26.8. The van der Waals surface area contributed by atoms with Crippen molar-refractivity contribution in [3.8, 4) is 11.5 Å². The van der Waals surface area contributed by atoms with Crippen LogP contribution in [0.2, 0.25) is 0 Å². The van der Waals surface area contributed by atoms with Crippen LogP contribution in [0.1, 0.15) is 54.9 Å². The summed E-state index contributed by atoms with van der Waals surface area (Å²) in [6.07, 6.45) is 6.50. The monoisotopic (exact) mass is 615 g/mol. The molecule has 0 saturated heterocycles. The van der Waals surface area contributed by atoms with Crippen molar-refractivity contribution in [3.05, 3.63) is 83.7 Å². The Morgan fingerprint density at radius 2 is 1.69 bits per heavy atom. The second kappa shape index (κ2) is 12.5. The van der Waals surface area contributed by atoms with Gasteiger partial charge in [0.15, 0.2) is 11.6 Å². The van der Waals surface area contributed by atoms with Gasteiger partial charge in [-0.3, -0.25) is 14.4 Å². The highest BCUT2D eigenvalue weighted by atomic mass is 19.1. The topological polar surface area (TPSA) is 100 Å². The molecule has 0 heterocycles. The average molecular weight is 616 g/mol. The first-order chi connectivity index (χ1) is 21.7. The molecule has 1 N–H and O–H groups in total. The first-order valence-corrected chi connectivity index (χ1v) is 15.5. The summed E-state index contributed by atoms with van der Waals surface area (Å²) in [6.45, 7) is 2.09. The fraction of sp³-hybridized carbons (Fsp3) is 0.417. The molecule has 9 heteroatoms. The standard InChI is InChI=1S/C36H38FNO7/c1-36(35(41)44-20-24-9-6-8-21-7-4-5-10-26(21)24)15-13-25(14-16-36)45-30-18-27(29(42-2)19-28(30)37)33(39)38-32-23-12-11-22(17-23)31(32)34(40)43-3/h4-12,18-19,22-23,25,31-32H,13-17,20H2,1-3H3,(H,38,39)/t22-,23+,25?,31-,32+,36?/m0/s1. The van der Waals surface area contributed by atoms with Crippen molar-refractivity contribution in [2.24, 2.45) is 23.2 Å². The molecule has 3 aromatic rings. The summed E-state index contributed by atoms with van der Waals surface area (Å²) in [6, 6.07) is 16.0. The summed E-state index contributed by atoms with van der Waals surface area (Å²) in [5.74, 6) is -2.22. The molecule has 8 nitrogen and oxygen atoms in total. The number of hydrogen-bond donors (Lipinski definition) is 1. The van der Waals surface area contributed by atoms with Crippen LogP contribution in [0.25, 0.3) is 10.8 Å². The number of hydrogen-bond acceptors (Lipinski definition) is 7. The van der Waals surface area contributed by atoms with E-state index in [2.05, 4.69) is 5.32 Å². The van der Waals surface area contributed by atoms with Crippen molar-refractivity contribution in [1.82, 2.24) is 5.32 Å². The van der Waals surface area contributed by atoms with E-state index in [1.165, 1.54) is 20.3 Å². The SMILES string of the molecule is COC(=O)[C@@H]1[C@H](NC(=O)c2cc(OC3CCC(C)(C(=O)OCc4cccc5ccccc45)CC3)c(F)cc2OC)[C@@H]2C=C[C@H]1C2. The number of methoxy groups -OCH3 is 2. The molecule has 0 aromatic heterocycles. The van der Waals surface area contributed by atoms with E-state index in [-0.39, 0.29) is 53.5 Å². The summed E-state index contributed by atoms with van der Waals surface area (Å²) in [7, 11) is 2.71. The maximum atomic E-state index is 15.1. The summed E-state index contributed by atoms with van der Waals surface area (Å²) < 4.78 is 37.3. The second-order valence-electron chi connectivity index (χ2n) is 12.6. The zero-order valence-electron chi connectivity index (χ0n) is 25.7. The van der Waals surface area contributed by atoms with Crippen molar-refractivity contribution in [3.63, 3.8) is 0 Å². The molecule has 1 amide bonds. The highest BCUT2D eigenvalue weighted by molar-refractivity contribution is 5.98. The van der Waals surface area contributed by atoms with E-state index in [4.69, 9.17) is 18.9 Å². The molecule has 2 saturated carbocycles. The Balaban J connectivity index is 1.09. The third-order valence-corrected chi connectivity index (χ3v) is 9.79. The third kappa shape index (κ3) is 6.00. The van der Waals surface area contributed by atoms with E-state index in [9.17, 15) is 14.4 Å². The number of nitrogens with one attached hydrogen (secondary N) is 1. The number of esters is 2. The molecule has 0 spiro atoms. The quantitative estimate of drug-likeness (QED) is 0.228. The van der Waals surface area contributed by atoms with E-state index < -0.39 is 29.1 Å². The Bertz CT molecular complexity index is 1640. The van der Waals surface area contributed by atoms with Gasteiger partial charge in [-0.1, -0.05) is 54.6 Å². The molecule has 3 aliphatic carbocycles.